The Morgan fingerprint density at radius 2 is 2.14 bits per heavy atom. The van der Waals surface area contributed by atoms with Crippen molar-refractivity contribution in [2.45, 2.75) is 12.6 Å². The van der Waals surface area contributed by atoms with E-state index < -0.39 is 12.8 Å². The highest BCUT2D eigenvalue weighted by atomic mass is 19.4. The molecule has 2 aromatic rings. The topological polar surface area (TPSA) is 65.9 Å². The molecule has 0 saturated carbocycles. The van der Waals surface area contributed by atoms with Crippen LogP contribution in [0.4, 0.5) is 13.2 Å². The molecular formula is C14H11F3N2O2. The minimum absolute atomic E-state index is 0.178. The van der Waals surface area contributed by atoms with Crippen LogP contribution < -0.4 is 0 Å². The number of halogens is 3. The number of carbonyl (C=O) groups is 1. The molecule has 0 unspecified atom stereocenters. The van der Waals surface area contributed by atoms with Crippen molar-refractivity contribution >= 4 is 16.7 Å². The predicted molar refractivity (Wildman–Crippen MR) is 68.8 cm³/mol. The molecular weight excluding hydrogens is 285 g/mol. The van der Waals surface area contributed by atoms with Gasteiger partial charge in [0, 0.05) is 29.1 Å². The van der Waals surface area contributed by atoms with E-state index >= 15 is 0 Å². The Hall–Kier alpha value is -2.33. The number of nitriles is 1. The Kier molecular flexibility index (Phi) is 4.29. The molecule has 0 bridgehead atoms. The molecule has 1 N–H and O–H groups in total. The maximum atomic E-state index is 12.0. The number of H-pyrrole nitrogens is 1. The van der Waals surface area contributed by atoms with Gasteiger partial charge < -0.3 is 9.72 Å². The van der Waals surface area contributed by atoms with Crippen molar-refractivity contribution in [3.05, 3.63) is 35.5 Å². The fourth-order valence-electron chi connectivity index (χ4n) is 1.99. The second-order valence-corrected chi connectivity index (χ2v) is 4.38. The number of aromatic amines is 1. The Morgan fingerprint density at radius 3 is 2.81 bits per heavy atom. The summed E-state index contributed by atoms with van der Waals surface area (Å²) in [5.74, 6) is -0.369. The van der Waals surface area contributed by atoms with Crippen molar-refractivity contribution < 1.29 is 22.7 Å². The van der Waals surface area contributed by atoms with E-state index in [2.05, 4.69) is 9.72 Å². The minimum atomic E-state index is -4.40. The molecule has 0 spiro atoms. The summed E-state index contributed by atoms with van der Waals surface area (Å²) in [6.45, 7) is -1.70. The molecule has 2 rings (SSSR count). The van der Waals surface area contributed by atoms with Gasteiger partial charge in [-0.1, -0.05) is 6.07 Å². The number of carbonyl (C=O) groups excluding carboxylic acids is 1. The number of alkyl halides is 3. The molecule has 0 aliphatic carbocycles. The van der Waals surface area contributed by atoms with Crippen LogP contribution in [0.1, 0.15) is 22.3 Å². The smallest absolute Gasteiger partial charge is 0.372 e. The lowest BCUT2D eigenvalue weighted by Crippen LogP contribution is -2.18. The molecule has 0 saturated heterocycles. The maximum absolute atomic E-state index is 12.0. The third kappa shape index (κ3) is 3.61. The number of nitrogens with zero attached hydrogens (tertiary/aromatic N) is 1. The second kappa shape index (κ2) is 5.97. The lowest BCUT2D eigenvalue weighted by Gasteiger charge is -2.06. The van der Waals surface area contributed by atoms with Crippen molar-refractivity contribution in [3.63, 3.8) is 0 Å². The van der Waals surface area contributed by atoms with Crippen molar-refractivity contribution in [2.75, 3.05) is 13.2 Å². The zero-order chi connectivity index (χ0) is 15.5. The fourth-order valence-corrected chi connectivity index (χ4v) is 1.99. The number of benzene rings is 1. The number of ketones is 1. The van der Waals surface area contributed by atoms with E-state index in [4.69, 9.17) is 5.26 Å². The largest absolute Gasteiger partial charge is 0.411 e. The van der Waals surface area contributed by atoms with Gasteiger partial charge in [-0.25, -0.2) is 0 Å². The number of fused-ring (bicyclic) bond motifs is 1. The van der Waals surface area contributed by atoms with Gasteiger partial charge in [0.2, 0.25) is 0 Å². The second-order valence-electron chi connectivity index (χ2n) is 4.38. The van der Waals surface area contributed by atoms with Gasteiger partial charge in [-0.2, -0.15) is 18.4 Å². The molecule has 0 fully saturated rings. The summed E-state index contributed by atoms with van der Waals surface area (Å²) in [6, 6.07) is 6.96. The van der Waals surface area contributed by atoms with Crippen LogP contribution in [0.15, 0.2) is 24.4 Å². The quantitative estimate of drug-likeness (QED) is 0.680. The third-order valence-corrected chi connectivity index (χ3v) is 2.87. The number of hydrogen-bond acceptors (Lipinski definition) is 3. The van der Waals surface area contributed by atoms with Crippen molar-refractivity contribution in [3.8, 4) is 6.07 Å². The summed E-state index contributed by atoms with van der Waals surface area (Å²) in [4.78, 5) is 14.9. The number of Topliss-reactive ketones (excluding diaryl/α,β-unsaturated/α-hetero) is 1. The van der Waals surface area contributed by atoms with E-state index in [1.54, 1.807) is 18.2 Å². The molecule has 0 amide bonds. The average Bonchev–Trinajstić information content (AvgIpc) is 2.86. The highest BCUT2D eigenvalue weighted by molar-refractivity contribution is 6.09. The molecule has 0 radical (unpaired) electrons. The summed E-state index contributed by atoms with van der Waals surface area (Å²) in [5.41, 5.74) is 1.26. The maximum Gasteiger partial charge on any atom is 0.411 e. The third-order valence-electron chi connectivity index (χ3n) is 2.87. The Bertz CT molecular complexity index is 698. The molecule has 0 aliphatic rings. The van der Waals surface area contributed by atoms with E-state index in [1.807, 2.05) is 6.07 Å². The van der Waals surface area contributed by atoms with E-state index in [0.29, 0.717) is 16.5 Å². The first kappa shape index (κ1) is 15.1. The molecule has 21 heavy (non-hydrogen) atoms. The Morgan fingerprint density at radius 1 is 1.38 bits per heavy atom. The van der Waals surface area contributed by atoms with Gasteiger partial charge in [-0.3, -0.25) is 4.79 Å². The van der Waals surface area contributed by atoms with Crippen molar-refractivity contribution in [2.24, 2.45) is 0 Å². The van der Waals surface area contributed by atoms with Gasteiger partial charge >= 0.3 is 6.18 Å². The SMILES string of the molecule is N#Cc1cccc2[nH]cc(C(=O)CCOCC(F)(F)F)c12. The predicted octanol–water partition coefficient (Wildman–Crippen LogP) is 3.19. The molecule has 1 aromatic heterocycles. The number of hydrogen-bond donors (Lipinski definition) is 1. The molecule has 110 valence electrons. The summed E-state index contributed by atoms with van der Waals surface area (Å²) < 4.78 is 40.1. The van der Waals surface area contributed by atoms with Gasteiger partial charge in [0.1, 0.15) is 6.61 Å². The van der Waals surface area contributed by atoms with Gasteiger partial charge in [0.05, 0.1) is 18.2 Å². The van der Waals surface area contributed by atoms with Crippen LogP contribution >= 0.6 is 0 Å². The van der Waals surface area contributed by atoms with E-state index in [0.717, 1.165) is 0 Å². The summed E-state index contributed by atoms with van der Waals surface area (Å²) in [5, 5.41) is 9.53. The lowest BCUT2D eigenvalue weighted by molar-refractivity contribution is -0.173. The minimum Gasteiger partial charge on any atom is -0.372 e. The first-order chi connectivity index (χ1) is 9.92. The molecule has 1 heterocycles. The highest BCUT2D eigenvalue weighted by Gasteiger charge is 2.27. The molecule has 7 heteroatoms. The van der Waals surface area contributed by atoms with Gasteiger partial charge in [-0.05, 0) is 12.1 Å². The zero-order valence-corrected chi connectivity index (χ0v) is 10.8. The first-order valence-corrected chi connectivity index (χ1v) is 6.10. The van der Waals surface area contributed by atoms with E-state index in [-0.39, 0.29) is 24.4 Å². The number of nitrogens with one attached hydrogen (secondary N) is 1. The Balaban J connectivity index is 2.09. The van der Waals surface area contributed by atoms with Crippen molar-refractivity contribution in [1.29, 1.82) is 5.26 Å². The molecule has 1 aromatic carbocycles. The zero-order valence-electron chi connectivity index (χ0n) is 10.8. The van der Waals surface area contributed by atoms with Gasteiger partial charge in [-0.15, -0.1) is 0 Å². The number of rotatable bonds is 5. The standard InChI is InChI=1S/C14H11F3N2O2/c15-14(16,17)8-21-5-4-12(20)10-7-19-11-3-1-2-9(6-18)13(10)11/h1-3,7,19H,4-5,8H2. The Labute approximate surface area is 118 Å². The fraction of sp³-hybridized carbons (Fsp3) is 0.286. The molecule has 4 nitrogen and oxygen atoms in total. The highest BCUT2D eigenvalue weighted by Crippen LogP contribution is 2.23. The summed E-state index contributed by atoms with van der Waals surface area (Å²) in [7, 11) is 0. The number of aromatic nitrogens is 1. The molecule has 0 atom stereocenters. The van der Waals surface area contributed by atoms with Crippen molar-refractivity contribution in [1.82, 2.24) is 4.98 Å². The lowest BCUT2D eigenvalue weighted by atomic mass is 10.0. The van der Waals surface area contributed by atoms with E-state index in [1.165, 1.54) is 6.20 Å². The monoisotopic (exact) mass is 296 g/mol. The van der Waals surface area contributed by atoms with Crippen LogP contribution in [0.3, 0.4) is 0 Å². The van der Waals surface area contributed by atoms with Crippen LogP contribution in [-0.2, 0) is 4.74 Å². The summed E-state index contributed by atoms with van der Waals surface area (Å²) in [6.07, 6.45) is -3.13. The van der Waals surface area contributed by atoms with Crippen LogP contribution in [0.5, 0.6) is 0 Å². The normalized spacial score (nSPS) is 11.5. The molecule has 0 aliphatic heterocycles. The van der Waals surface area contributed by atoms with Crippen LogP contribution in [0.25, 0.3) is 10.9 Å². The van der Waals surface area contributed by atoms with E-state index in [9.17, 15) is 18.0 Å². The number of ether oxygens (including phenoxy) is 1. The van der Waals surface area contributed by atoms with Crippen LogP contribution in [0, 0.1) is 11.3 Å². The van der Waals surface area contributed by atoms with Crippen LogP contribution in [0.2, 0.25) is 0 Å². The van der Waals surface area contributed by atoms with Gasteiger partial charge in [0.25, 0.3) is 0 Å². The van der Waals surface area contributed by atoms with Crippen LogP contribution in [-0.4, -0.2) is 30.2 Å². The summed E-state index contributed by atoms with van der Waals surface area (Å²) >= 11 is 0. The van der Waals surface area contributed by atoms with Gasteiger partial charge in [0.15, 0.2) is 5.78 Å². The average molecular weight is 296 g/mol. The first-order valence-electron chi connectivity index (χ1n) is 6.10.